The number of halogens is 1. The number of nitrogens with zero attached hydrogens (tertiary/aromatic N) is 4. The number of aryl methyl sites for hydroxylation is 1. The lowest BCUT2D eigenvalue weighted by Gasteiger charge is -2.32. The standard InChI is InChI=1S/C26H29FN6O2/c27-22-13-12-20(16-21(22)24-31-30-23-11-5-2-6-15-33(23)24)28-25(34)18-8-7-14-32(17-18)26(35)29-19-9-3-1-4-10-19/h1,3-4,9-10,12-13,16,18H,2,5-8,11,14-15,17H2,(H,28,34)(H,29,35). The minimum Gasteiger partial charge on any atom is -0.326 e. The van der Waals surface area contributed by atoms with E-state index in [1.807, 2.05) is 34.9 Å². The van der Waals surface area contributed by atoms with Crippen molar-refractivity contribution in [1.29, 1.82) is 0 Å². The maximum atomic E-state index is 14.8. The molecule has 35 heavy (non-hydrogen) atoms. The number of rotatable bonds is 4. The number of carbonyl (C=O) groups is 2. The minimum absolute atomic E-state index is 0.181. The van der Waals surface area contributed by atoms with Gasteiger partial charge in [0.15, 0.2) is 5.82 Å². The van der Waals surface area contributed by atoms with E-state index in [9.17, 15) is 14.0 Å². The van der Waals surface area contributed by atoms with Gasteiger partial charge in [-0.05, 0) is 56.0 Å². The quantitative estimate of drug-likeness (QED) is 0.571. The highest BCUT2D eigenvalue weighted by Gasteiger charge is 2.29. The lowest BCUT2D eigenvalue weighted by Crippen LogP contribution is -2.45. The SMILES string of the molecule is O=C(Nc1ccc(F)c(-c2nnc3n2CCCCC3)c1)C1CCCN(C(=O)Nc2ccccc2)C1. The van der Waals surface area contributed by atoms with Crippen LogP contribution in [0.3, 0.4) is 0 Å². The molecule has 0 aliphatic carbocycles. The Bertz CT molecular complexity index is 1210. The Balaban J connectivity index is 1.27. The van der Waals surface area contributed by atoms with Gasteiger partial charge in [-0.3, -0.25) is 4.79 Å². The highest BCUT2D eigenvalue weighted by atomic mass is 19.1. The van der Waals surface area contributed by atoms with E-state index in [4.69, 9.17) is 0 Å². The van der Waals surface area contributed by atoms with E-state index in [1.54, 1.807) is 17.0 Å². The molecule has 0 spiro atoms. The molecule has 2 N–H and O–H groups in total. The minimum atomic E-state index is -0.399. The molecular formula is C26H29FN6O2. The summed E-state index contributed by atoms with van der Waals surface area (Å²) in [6.07, 6.45) is 5.43. The van der Waals surface area contributed by atoms with Crippen LogP contribution in [0.5, 0.6) is 0 Å². The summed E-state index contributed by atoms with van der Waals surface area (Å²) in [7, 11) is 0. The van der Waals surface area contributed by atoms with Crippen molar-refractivity contribution >= 4 is 23.3 Å². The molecule has 0 radical (unpaired) electrons. The zero-order chi connectivity index (χ0) is 24.2. The zero-order valence-electron chi connectivity index (χ0n) is 19.5. The fourth-order valence-corrected chi connectivity index (χ4v) is 4.80. The van der Waals surface area contributed by atoms with Gasteiger partial charge in [-0.25, -0.2) is 9.18 Å². The number of urea groups is 1. The molecule has 1 fully saturated rings. The van der Waals surface area contributed by atoms with Crippen LogP contribution in [-0.2, 0) is 17.8 Å². The zero-order valence-corrected chi connectivity index (χ0v) is 19.5. The van der Waals surface area contributed by atoms with E-state index >= 15 is 0 Å². The summed E-state index contributed by atoms with van der Waals surface area (Å²) in [5, 5.41) is 14.3. The van der Waals surface area contributed by atoms with Crippen molar-refractivity contribution in [1.82, 2.24) is 19.7 Å². The molecule has 2 aliphatic heterocycles. The van der Waals surface area contributed by atoms with Crippen LogP contribution < -0.4 is 10.6 Å². The molecule has 8 nitrogen and oxygen atoms in total. The number of hydrogen-bond acceptors (Lipinski definition) is 4. The Morgan fingerprint density at radius 2 is 1.77 bits per heavy atom. The van der Waals surface area contributed by atoms with Gasteiger partial charge in [0.05, 0.1) is 11.5 Å². The van der Waals surface area contributed by atoms with Gasteiger partial charge in [-0.15, -0.1) is 10.2 Å². The van der Waals surface area contributed by atoms with Crippen molar-refractivity contribution in [2.45, 2.75) is 45.1 Å². The Morgan fingerprint density at radius 3 is 2.63 bits per heavy atom. The van der Waals surface area contributed by atoms with Gasteiger partial charge in [0.25, 0.3) is 0 Å². The molecule has 2 aliphatic rings. The average molecular weight is 477 g/mol. The second-order valence-electron chi connectivity index (χ2n) is 9.17. The van der Waals surface area contributed by atoms with Crippen molar-refractivity contribution in [3.8, 4) is 11.4 Å². The third-order valence-corrected chi connectivity index (χ3v) is 6.69. The second kappa shape index (κ2) is 10.2. The number of aromatic nitrogens is 3. The van der Waals surface area contributed by atoms with Crippen LogP contribution in [0.4, 0.5) is 20.6 Å². The molecule has 182 valence electrons. The van der Waals surface area contributed by atoms with Gasteiger partial charge in [-0.1, -0.05) is 24.6 Å². The predicted octanol–water partition coefficient (Wildman–Crippen LogP) is 4.69. The number of para-hydroxylation sites is 1. The van der Waals surface area contributed by atoms with Gasteiger partial charge < -0.3 is 20.1 Å². The molecule has 3 amide bonds. The maximum Gasteiger partial charge on any atom is 0.321 e. The largest absolute Gasteiger partial charge is 0.326 e. The summed E-state index contributed by atoms with van der Waals surface area (Å²) in [6.45, 7) is 1.69. The van der Waals surface area contributed by atoms with Gasteiger partial charge in [0.2, 0.25) is 5.91 Å². The number of piperidine rings is 1. The molecule has 5 rings (SSSR count). The number of anilines is 2. The van der Waals surface area contributed by atoms with Gasteiger partial charge in [0, 0.05) is 37.4 Å². The number of hydrogen-bond donors (Lipinski definition) is 2. The van der Waals surface area contributed by atoms with E-state index in [1.165, 1.54) is 6.07 Å². The first kappa shape index (κ1) is 23.0. The molecule has 0 saturated carbocycles. The maximum absolute atomic E-state index is 14.8. The third kappa shape index (κ3) is 5.18. The van der Waals surface area contributed by atoms with Gasteiger partial charge in [-0.2, -0.15) is 0 Å². The lowest BCUT2D eigenvalue weighted by atomic mass is 9.97. The van der Waals surface area contributed by atoms with Crippen LogP contribution in [0.25, 0.3) is 11.4 Å². The number of amides is 3. The monoisotopic (exact) mass is 476 g/mol. The molecule has 0 bridgehead atoms. The van der Waals surface area contributed by atoms with Crippen molar-refractivity contribution in [2.24, 2.45) is 5.92 Å². The van der Waals surface area contributed by atoms with E-state index in [0.29, 0.717) is 42.3 Å². The van der Waals surface area contributed by atoms with Gasteiger partial charge in [0.1, 0.15) is 11.6 Å². The molecule has 3 aromatic rings. The van der Waals surface area contributed by atoms with Crippen molar-refractivity contribution in [3.05, 3.63) is 60.2 Å². The molecule has 1 atom stereocenters. The first-order chi connectivity index (χ1) is 17.1. The van der Waals surface area contributed by atoms with Crippen LogP contribution in [0.2, 0.25) is 0 Å². The fraction of sp³-hybridized carbons (Fsp3) is 0.385. The van der Waals surface area contributed by atoms with E-state index < -0.39 is 5.82 Å². The molecule has 2 aromatic carbocycles. The average Bonchev–Trinajstić information content (AvgIpc) is 3.13. The Morgan fingerprint density at radius 1 is 0.914 bits per heavy atom. The first-order valence-corrected chi connectivity index (χ1v) is 12.2. The van der Waals surface area contributed by atoms with Crippen LogP contribution in [0.15, 0.2) is 48.5 Å². The second-order valence-corrected chi connectivity index (χ2v) is 9.17. The molecule has 1 saturated heterocycles. The number of carbonyl (C=O) groups excluding carboxylic acids is 2. The normalized spacial score (nSPS) is 17.9. The number of fused-ring (bicyclic) bond motifs is 1. The van der Waals surface area contributed by atoms with Crippen molar-refractivity contribution in [3.63, 3.8) is 0 Å². The molecule has 1 aromatic heterocycles. The molecule has 1 unspecified atom stereocenters. The summed E-state index contributed by atoms with van der Waals surface area (Å²) in [6, 6.07) is 13.6. The topological polar surface area (TPSA) is 92.2 Å². The lowest BCUT2D eigenvalue weighted by molar-refractivity contribution is -0.121. The first-order valence-electron chi connectivity index (χ1n) is 12.2. The van der Waals surface area contributed by atoms with Crippen LogP contribution in [0.1, 0.15) is 37.9 Å². The molecule has 3 heterocycles. The van der Waals surface area contributed by atoms with Crippen LogP contribution in [0, 0.1) is 11.7 Å². The van der Waals surface area contributed by atoms with E-state index in [2.05, 4.69) is 20.8 Å². The van der Waals surface area contributed by atoms with Crippen molar-refractivity contribution in [2.75, 3.05) is 23.7 Å². The fourth-order valence-electron chi connectivity index (χ4n) is 4.80. The Kier molecular flexibility index (Phi) is 6.74. The van der Waals surface area contributed by atoms with Crippen LogP contribution >= 0.6 is 0 Å². The summed E-state index contributed by atoms with van der Waals surface area (Å²) >= 11 is 0. The summed E-state index contributed by atoms with van der Waals surface area (Å²) in [4.78, 5) is 27.4. The third-order valence-electron chi connectivity index (χ3n) is 6.69. The van der Waals surface area contributed by atoms with Crippen LogP contribution in [-0.4, -0.2) is 44.7 Å². The summed E-state index contributed by atoms with van der Waals surface area (Å²) in [5.74, 6) is 0.450. The van der Waals surface area contributed by atoms with Gasteiger partial charge >= 0.3 is 6.03 Å². The molecule has 9 heteroatoms. The van der Waals surface area contributed by atoms with Crippen molar-refractivity contribution < 1.29 is 14.0 Å². The number of benzene rings is 2. The Hall–Kier alpha value is -3.75. The highest BCUT2D eigenvalue weighted by Crippen LogP contribution is 2.28. The van der Waals surface area contributed by atoms with E-state index in [0.717, 1.165) is 44.5 Å². The number of nitrogens with one attached hydrogen (secondary N) is 2. The number of likely N-dealkylation sites (tertiary alicyclic amines) is 1. The highest BCUT2D eigenvalue weighted by molar-refractivity contribution is 5.94. The summed E-state index contributed by atoms with van der Waals surface area (Å²) < 4.78 is 16.8. The summed E-state index contributed by atoms with van der Waals surface area (Å²) in [5.41, 5.74) is 1.55. The smallest absolute Gasteiger partial charge is 0.321 e. The predicted molar refractivity (Wildman–Crippen MR) is 131 cm³/mol. The molecular weight excluding hydrogens is 447 g/mol. The van der Waals surface area contributed by atoms with E-state index in [-0.39, 0.29) is 17.9 Å². The Labute approximate surface area is 203 Å².